The first-order valence-corrected chi connectivity index (χ1v) is 7.77. The molecule has 0 spiro atoms. The van der Waals surface area contributed by atoms with Crippen molar-refractivity contribution in [2.75, 3.05) is 13.1 Å². The summed E-state index contributed by atoms with van der Waals surface area (Å²) in [6.45, 7) is 3.52. The van der Waals surface area contributed by atoms with Gasteiger partial charge < -0.3 is 10.2 Å². The van der Waals surface area contributed by atoms with Gasteiger partial charge in [0.15, 0.2) is 0 Å². The second-order valence-electron chi connectivity index (χ2n) is 5.95. The van der Waals surface area contributed by atoms with Gasteiger partial charge >= 0.3 is 0 Å². The van der Waals surface area contributed by atoms with Crippen LogP contribution in [0.4, 0.5) is 0 Å². The van der Waals surface area contributed by atoms with Crippen molar-refractivity contribution in [2.24, 2.45) is 5.92 Å². The van der Waals surface area contributed by atoms with Gasteiger partial charge in [-0.2, -0.15) is 0 Å². The van der Waals surface area contributed by atoms with Gasteiger partial charge in [-0.1, -0.05) is 19.3 Å². The van der Waals surface area contributed by atoms with Gasteiger partial charge in [0.1, 0.15) is 6.04 Å². The Morgan fingerprint density at radius 2 is 1.58 bits per heavy atom. The quantitative estimate of drug-likeness (QED) is 0.850. The molecular formula is C15H26N2O2. The normalized spacial score (nSPS) is 22.9. The first-order valence-electron chi connectivity index (χ1n) is 7.77. The van der Waals surface area contributed by atoms with Crippen LogP contribution in [0.15, 0.2) is 0 Å². The van der Waals surface area contributed by atoms with E-state index in [1.807, 2.05) is 11.8 Å². The monoisotopic (exact) mass is 266 g/mol. The predicted octanol–water partition coefficient (Wildman–Crippen LogP) is 2.08. The zero-order chi connectivity index (χ0) is 13.7. The van der Waals surface area contributed by atoms with Crippen molar-refractivity contribution >= 4 is 11.8 Å². The number of carbonyl (C=O) groups is 2. The summed E-state index contributed by atoms with van der Waals surface area (Å²) in [5.74, 6) is 0.298. The maximum absolute atomic E-state index is 12.2. The van der Waals surface area contributed by atoms with E-state index in [0.717, 1.165) is 51.6 Å². The van der Waals surface area contributed by atoms with Gasteiger partial charge in [0, 0.05) is 19.0 Å². The summed E-state index contributed by atoms with van der Waals surface area (Å²) in [7, 11) is 0. The highest BCUT2D eigenvalue weighted by Crippen LogP contribution is 2.23. The van der Waals surface area contributed by atoms with Crippen molar-refractivity contribution in [1.29, 1.82) is 0 Å². The molecule has 1 aliphatic carbocycles. The van der Waals surface area contributed by atoms with Crippen LogP contribution in [0.25, 0.3) is 0 Å². The van der Waals surface area contributed by atoms with E-state index in [-0.39, 0.29) is 23.8 Å². The Balaban J connectivity index is 1.80. The van der Waals surface area contributed by atoms with Crippen LogP contribution in [0.2, 0.25) is 0 Å². The highest BCUT2D eigenvalue weighted by molar-refractivity contribution is 5.88. The van der Waals surface area contributed by atoms with Gasteiger partial charge in [0.05, 0.1) is 0 Å². The van der Waals surface area contributed by atoms with Crippen molar-refractivity contribution < 1.29 is 9.59 Å². The molecule has 1 saturated heterocycles. The highest BCUT2D eigenvalue weighted by atomic mass is 16.2. The molecular weight excluding hydrogens is 240 g/mol. The molecule has 4 heteroatoms. The minimum Gasteiger partial charge on any atom is -0.344 e. The third kappa shape index (κ3) is 3.95. The van der Waals surface area contributed by atoms with E-state index in [0.29, 0.717) is 0 Å². The van der Waals surface area contributed by atoms with Gasteiger partial charge in [-0.15, -0.1) is 0 Å². The predicted molar refractivity (Wildman–Crippen MR) is 74.6 cm³/mol. The molecule has 2 rings (SSSR count). The standard InChI is InChI=1S/C15H26N2O2/c1-12(15(19)17-10-6-3-7-11-17)16-14(18)13-8-4-2-5-9-13/h12-13H,2-11H2,1H3,(H,16,18). The lowest BCUT2D eigenvalue weighted by atomic mass is 9.88. The first-order chi connectivity index (χ1) is 9.18. The Morgan fingerprint density at radius 3 is 2.21 bits per heavy atom. The molecule has 1 atom stereocenters. The van der Waals surface area contributed by atoms with Gasteiger partial charge in [-0.3, -0.25) is 9.59 Å². The van der Waals surface area contributed by atoms with Crippen molar-refractivity contribution in [3.05, 3.63) is 0 Å². The lowest BCUT2D eigenvalue weighted by molar-refractivity contribution is -0.137. The van der Waals surface area contributed by atoms with Gasteiger partial charge in [-0.05, 0) is 39.0 Å². The van der Waals surface area contributed by atoms with E-state index < -0.39 is 0 Å². The molecule has 1 N–H and O–H groups in total. The molecule has 2 amide bonds. The van der Waals surface area contributed by atoms with Crippen LogP contribution in [0.3, 0.4) is 0 Å². The number of likely N-dealkylation sites (tertiary alicyclic amines) is 1. The maximum atomic E-state index is 12.2. The average molecular weight is 266 g/mol. The average Bonchev–Trinajstić information content (AvgIpc) is 2.48. The molecule has 0 bridgehead atoms. The number of nitrogens with zero attached hydrogens (tertiary/aromatic N) is 1. The maximum Gasteiger partial charge on any atom is 0.244 e. The summed E-state index contributed by atoms with van der Waals surface area (Å²) >= 11 is 0. The Morgan fingerprint density at radius 1 is 1.00 bits per heavy atom. The molecule has 108 valence electrons. The zero-order valence-corrected chi connectivity index (χ0v) is 12.0. The lowest BCUT2D eigenvalue weighted by Crippen LogP contribution is -2.49. The summed E-state index contributed by atoms with van der Waals surface area (Å²) in [4.78, 5) is 26.2. The fraction of sp³-hybridized carbons (Fsp3) is 0.867. The summed E-state index contributed by atoms with van der Waals surface area (Å²) in [6, 6.07) is -0.368. The SMILES string of the molecule is CC(NC(=O)C1CCCCC1)C(=O)N1CCCCC1. The molecule has 1 heterocycles. The van der Waals surface area contributed by atoms with E-state index in [9.17, 15) is 9.59 Å². The molecule has 1 unspecified atom stereocenters. The lowest BCUT2D eigenvalue weighted by Gasteiger charge is -2.30. The number of amides is 2. The van der Waals surface area contributed by atoms with E-state index in [1.54, 1.807) is 0 Å². The van der Waals surface area contributed by atoms with E-state index in [2.05, 4.69) is 5.32 Å². The second-order valence-corrected chi connectivity index (χ2v) is 5.95. The molecule has 2 fully saturated rings. The fourth-order valence-electron chi connectivity index (χ4n) is 3.15. The highest BCUT2D eigenvalue weighted by Gasteiger charge is 2.27. The Labute approximate surface area is 115 Å². The van der Waals surface area contributed by atoms with Gasteiger partial charge in [0.2, 0.25) is 11.8 Å². The number of nitrogens with one attached hydrogen (secondary N) is 1. The van der Waals surface area contributed by atoms with Gasteiger partial charge in [0.25, 0.3) is 0 Å². The van der Waals surface area contributed by atoms with E-state index in [1.165, 1.54) is 12.8 Å². The first kappa shape index (κ1) is 14.4. The fourth-order valence-corrected chi connectivity index (χ4v) is 3.15. The number of hydrogen-bond donors (Lipinski definition) is 1. The largest absolute Gasteiger partial charge is 0.344 e. The van der Waals surface area contributed by atoms with Crippen molar-refractivity contribution in [3.8, 4) is 0 Å². The van der Waals surface area contributed by atoms with Crippen molar-refractivity contribution in [1.82, 2.24) is 10.2 Å². The third-order valence-corrected chi connectivity index (χ3v) is 4.37. The molecule has 0 aromatic rings. The molecule has 0 aromatic heterocycles. The summed E-state index contributed by atoms with van der Waals surface area (Å²) < 4.78 is 0. The Hall–Kier alpha value is -1.06. The summed E-state index contributed by atoms with van der Waals surface area (Å²) in [6.07, 6.45) is 8.90. The van der Waals surface area contributed by atoms with E-state index >= 15 is 0 Å². The number of piperidine rings is 1. The smallest absolute Gasteiger partial charge is 0.244 e. The topological polar surface area (TPSA) is 49.4 Å². The van der Waals surface area contributed by atoms with Crippen LogP contribution in [0.1, 0.15) is 58.3 Å². The van der Waals surface area contributed by atoms with Crippen LogP contribution >= 0.6 is 0 Å². The molecule has 0 radical (unpaired) electrons. The number of hydrogen-bond acceptors (Lipinski definition) is 2. The third-order valence-electron chi connectivity index (χ3n) is 4.37. The molecule has 0 aromatic carbocycles. The van der Waals surface area contributed by atoms with Crippen LogP contribution in [0, 0.1) is 5.92 Å². The molecule has 2 aliphatic rings. The minimum absolute atomic E-state index is 0.0811. The molecule has 19 heavy (non-hydrogen) atoms. The van der Waals surface area contributed by atoms with E-state index in [4.69, 9.17) is 0 Å². The summed E-state index contributed by atoms with van der Waals surface area (Å²) in [5.41, 5.74) is 0. The van der Waals surface area contributed by atoms with Crippen LogP contribution in [0.5, 0.6) is 0 Å². The number of carbonyl (C=O) groups excluding carboxylic acids is 2. The molecule has 4 nitrogen and oxygen atoms in total. The van der Waals surface area contributed by atoms with Crippen LogP contribution in [-0.2, 0) is 9.59 Å². The number of rotatable bonds is 3. The zero-order valence-electron chi connectivity index (χ0n) is 12.0. The molecule has 1 aliphatic heterocycles. The van der Waals surface area contributed by atoms with Crippen LogP contribution < -0.4 is 5.32 Å². The van der Waals surface area contributed by atoms with Crippen LogP contribution in [-0.4, -0.2) is 35.8 Å². The Bertz CT molecular complexity index is 318. The van der Waals surface area contributed by atoms with Crippen molar-refractivity contribution in [3.63, 3.8) is 0 Å². The molecule has 1 saturated carbocycles. The van der Waals surface area contributed by atoms with Gasteiger partial charge in [-0.25, -0.2) is 0 Å². The summed E-state index contributed by atoms with van der Waals surface area (Å²) in [5, 5.41) is 2.92. The van der Waals surface area contributed by atoms with Crippen molar-refractivity contribution in [2.45, 2.75) is 64.3 Å². The minimum atomic E-state index is -0.368. The Kier molecular flexibility index (Phi) is 5.23. The second kappa shape index (κ2) is 6.92.